The maximum Gasteiger partial charge on any atom is 0.159 e. The number of hydrogen-bond acceptors (Lipinski definition) is 4. The highest BCUT2D eigenvalue weighted by molar-refractivity contribution is 6.27. The van der Waals surface area contributed by atoms with Crippen LogP contribution in [0.15, 0.2) is 311 Å². The molecule has 4 heteroatoms. The van der Waals surface area contributed by atoms with Crippen molar-refractivity contribution in [2.45, 2.75) is 58.3 Å². The van der Waals surface area contributed by atoms with E-state index in [1.165, 1.54) is 121 Å². The third kappa shape index (κ3) is 7.26. The van der Waals surface area contributed by atoms with Crippen molar-refractivity contribution in [2.24, 2.45) is 16.7 Å². The van der Waals surface area contributed by atoms with E-state index in [1.54, 1.807) is 0 Å². The number of furan rings is 2. The Morgan fingerprint density at radius 1 is 0.333 bits per heavy atom. The fourth-order valence-electron chi connectivity index (χ4n) is 21.0. The molecule has 5 aliphatic rings. The molecule has 0 aliphatic heterocycles. The minimum Gasteiger partial charge on any atom is -0.454 e. The lowest BCUT2D eigenvalue weighted by Gasteiger charge is -2.62. The number of allylic oxidation sites excluding steroid dienone is 5. The molecule has 0 N–H and O–H groups in total. The summed E-state index contributed by atoms with van der Waals surface area (Å²) in [7, 11) is 0. The van der Waals surface area contributed by atoms with Gasteiger partial charge in [0.1, 0.15) is 11.2 Å². The van der Waals surface area contributed by atoms with Crippen molar-refractivity contribution in [1.29, 1.82) is 0 Å². The third-order valence-corrected chi connectivity index (χ3v) is 24.5. The van der Waals surface area contributed by atoms with E-state index < -0.39 is 21.7 Å². The minimum atomic E-state index is -0.824. The van der Waals surface area contributed by atoms with Crippen LogP contribution in [0.3, 0.4) is 0 Å². The molecular formula is C98H70N2O2. The summed E-state index contributed by atoms with van der Waals surface area (Å²) >= 11 is 0. The summed E-state index contributed by atoms with van der Waals surface area (Å²) in [5, 5.41) is 16.6. The first kappa shape index (κ1) is 57.9. The normalized spacial score (nSPS) is 18.6. The zero-order chi connectivity index (χ0) is 67.9. The molecule has 0 saturated carbocycles. The van der Waals surface area contributed by atoms with Gasteiger partial charge in [-0.25, -0.2) is 0 Å². The highest BCUT2D eigenvalue weighted by atomic mass is 16.3. The molecule has 0 bridgehead atoms. The average molecular weight is 1310 g/mol. The molecule has 4 atom stereocenters. The van der Waals surface area contributed by atoms with Crippen LogP contribution >= 0.6 is 0 Å². The van der Waals surface area contributed by atoms with E-state index in [4.69, 9.17) is 8.83 Å². The van der Waals surface area contributed by atoms with Gasteiger partial charge in [-0.15, -0.1) is 0 Å². The first-order valence-electron chi connectivity index (χ1n) is 36.2. The first-order chi connectivity index (χ1) is 49.9. The quantitative estimate of drug-likeness (QED) is 0.149. The van der Waals surface area contributed by atoms with Gasteiger partial charge in [-0.05, 0) is 164 Å². The molecule has 484 valence electrons. The Bertz CT molecular complexity index is 6690. The second kappa shape index (κ2) is 20.4. The van der Waals surface area contributed by atoms with E-state index >= 15 is 0 Å². The predicted molar refractivity (Wildman–Crippen MR) is 428 cm³/mol. The molecule has 0 fully saturated rings. The second-order valence-electron chi connectivity index (χ2n) is 31.2. The van der Waals surface area contributed by atoms with Gasteiger partial charge < -0.3 is 18.6 Å². The highest BCUT2D eigenvalue weighted by Crippen LogP contribution is 2.77. The molecule has 2 aromatic heterocycles. The van der Waals surface area contributed by atoms with Crippen LogP contribution in [0.2, 0.25) is 0 Å². The Labute approximate surface area is 592 Å². The van der Waals surface area contributed by atoms with Crippen molar-refractivity contribution in [1.82, 2.24) is 0 Å². The largest absolute Gasteiger partial charge is 0.454 e. The molecule has 102 heavy (non-hydrogen) atoms. The topological polar surface area (TPSA) is 32.8 Å². The predicted octanol–water partition coefficient (Wildman–Crippen LogP) is 26.9. The van der Waals surface area contributed by atoms with Crippen LogP contribution in [0.5, 0.6) is 0 Å². The average Bonchev–Trinajstić information content (AvgIpc) is 1.45. The van der Waals surface area contributed by atoms with Crippen LogP contribution in [0.1, 0.15) is 86.4 Å². The summed E-state index contributed by atoms with van der Waals surface area (Å²) < 4.78 is 14.6. The number of benzene rings is 15. The summed E-state index contributed by atoms with van der Waals surface area (Å²) in [6.07, 6.45) is 14.4. The molecule has 0 radical (unpaired) electrons. The monoisotopic (exact) mass is 1310 g/mol. The zero-order valence-electron chi connectivity index (χ0n) is 57.7. The maximum atomic E-state index is 7.29. The lowest BCUT2D eigenvalue weighted by Crippen LogP contribution is -2.62. The van der Waals surface area contributed by atoms with Crippen LogP contribution < -0.4 is 9.80 Å². The smallest absolute Gasteiger partial charge is 0.159 e. The number of para-hydroxylation sites is 4. The molecule has 22 rings (SSSR count). The molecule has 2 heterocycles. The van der Waals surface area contributed by atoms with Gasteiger partial charge in [0.15, 0.2) is 11.2 Å². The first-order valence-corrected chi connectivity index (χ1v) is 36.2. The lowest BCUT2D eigenvalue weighted by molar-refractivity contribution is 0.0595. The van der Waals surface area contributed by atoms with E-state index in [2.05, 4.69) is 355 Å². The van der Waals surface area contributed by atoms with Gasteiger partial charge in [-0.1, -0.05) is 296 Å². The van der Waals surface area contributed by atoms with Gasteiger partial charge in [0.25, 0.3) is 0 Å². The summed E-state index contributed by atoms with van der Waals surface area (Å²) in [6.45, 7) is 15.4. The van der Waals surface area contributed by atoms with E-state index in [1.807, 2.05) is 0 Å². The summed E-state index contributed by atoms with van der Waals surface area (Å²) in [5.74, 6) is 0.101. The van der Waals surface area contributed by atoms with Crippen LogP contribution in [0.25, 0.3) is 132 Å². The van der Waals surface area contributed by atoms with Gasteiger partial charge in [-0.3, -0.25) is 0 Å². The summed E-state index contributed by atoms with van der Waals surface area (Å²) in [6, 6.07) is 101. The van der Waals surface area contributed by atoms with Gasteiger partial charge in [0.05, 0.1) is 28.4 Å². The fourth-order valence-corrected chi connectivity index (χ4v) is 21.0. The maximum absolute atomic E-state index is 7.29. The van der Waals surface area contributed by atoms with Gasteiger partial charge in [0.2, 0.25) is 0 Å². The van der Waals surface area contributed by atoms with E-state index in [0.717, 1.165) is 77.7 Å². The Morgan fingerprint density at radius 2 is 0.794 bits per heavy atom. The Balaban J connectivity index is 0.888. The molecular weight excluding hydrogens is 1240 g/mol. The number of fused-ring (bicyclic) bond motifs is 16. The van der Waals surface area contributed by atoms with Crippen LogP contribution in [0.4, 0.5) is 28.4 Å². The van der Waals surface area contributed by atoms with E-state index in [0.29, 0.717) is 0 Å². The van der Waals surface area contributed by atoms with Crippen molar-refractivity contribution < 1.29 is 8.83 Å². The third-order valence-electron chi connectivity index (χ3n) is 24.5. The molecule has 15 aromatic carbocycles. The van der Waals surface area contributed by atoms with Gasteiger partial charge >= 0.3 is 0 Å². The number of nitrogens with zero attached hydrogens (tertiary/aromatic N) is 2. The van der Waals surface area contributed by atoms with Crippen molar-refractivity contribution in [3.63, 3.8) is 0 Å². The van der Waals surface area contributed by atoms with Crippen molar-refractivity contribution in [2.75, 3.05) is 9.80 Å². The van der Waals surface area contributed by atoms with E-state index in [9.17, 15) is 0 Å². The highest BCUT2D eigenvalue weighted by Gasteiger charge is 2.71. The van der Waals surface area contributed by atoms with E-state index in [-0.39, 0.29) is 11.8 Å². The molecule has 0 saturated heterocycles. The SMILES string of the molecule is CC(C)(C)C1(C2(C(C)(C)C)c3ccccc3-c3c2cc(N(c2ccc4ccc5cccc6ccc2c4c56)c2cccc4c2oc2ccccc24)c2ccccc32)c2ccccc2-c2c1cc(N(C1=CC=C3C=Cc4cccc5c4C3C1C=C5)c1cccc3c1oc1ccccc13)c1ccccc21. The Kier molecular flexibility index (Phi) is 11.6. The molecule has 4 nitrogen and oxygen atoms in total. The molecule has 0 amide bonds. The number of anilines is 5. The summed E-state index contributed by atoms with van der Waals surface area (Å²) in [5.41, 5.74) is 23.0. The van der Waals surface area contributed by atoms with Crippen molar-refractivity contribution in [3.8, 4) is 22.3 Å². The van der Waals surface area contributed by atoms with Crippen LogP contribution in [0, 0.1) is 16.7 Å². The second-order valence-corrected chi connectivity index (χ2v) is 31.2. The van der Waals surface area contributed by atoms with Gasteiger partial charge in [0, 0.05) is 66.1 Å². The molecule has 4 unspecified atom stereocenters. The molecule has 17 aromatic rings. The molecule has 0 spiro atoms. The minimum absolute atomic E-state index is 0.0113. The van der Waals surface area contributed by atoms with Crippen LogP contribution in [-0.4, -0.2) is 0 Å². The lowest BCUT2D eigenvalue weighted by atomic mass is 9.39. The van der Waals surface area contributed by atoms with Gasteiger partial charge in [-0.2, -0.15) is 0 Å². The Morgan fingerprint density at radius 3 is 1.38 bits per heavy atom. The zero-order valence-corrected chi connectivity index (χ0v) is 57.7. The number of hydrogen-bond donors (Lipinski definition) is 0. The molecule has 5 aliphatic carbocycles. The standard InChI is InChI=1S/C98H70N2O2/c1-95(2,3)97(75-37-15-11-33-71(75)91-67-31-9-7-27-63(67)83(55-77(91)97)99(81-39-21-35-69-65-29-13-17-41-85(65)101-93(69)81)79-53-49-61-45-43-57-23-19-25-59-47-51-73(79)89(61)87(57)59)98(96(4,5)6)76-38-16-12-34-72(76)92-68-32-10-8-28-64(68)84(56-78(92)98)100(82-40-22-36-70-66-30-14-18-42-86(66)102-94(70)82)80-54-50-62-46-44-58-24-20-26-60-48-52-74(80)90(62)88(58)60/h7-56,73,89H,1-6H3. The Hall–Kier alpha value is -12.0. The number of rotatable bonds is 7. The fraction of sp³-hybridized carbons (Fsp3) is 0.122. The van der Waals surface area contributed by atoms with Crippen molar-refractivity contribution >= 4 is 138 Å². The summed E-state index contributed by atoms with van der Waals surface area (Å²) in [4.78, 5) is 5.25. The van der Waals surface area contributed by atoms with Crippen LogP contribution in [-0.2, 0) is 10.8 Å². The van der Waals surface area contributed by atoms with Crippen molar-refractivity contribution in [3.05, 3.63) is 341 Å².